The van der Waals surface area contributed by atoms with Gasteiger partial charge in [0, 0.05) is 119 Å². The van der Waals surface area contributed by atoms with Gasteiger partial charge in [-0.25, -0.2) is 0 Å². The number of aromatic hydroxyl groups is 2. The highest BCUT2D eigenvalue weighted by Crippen LogP contribution is 2.31. The van der Waals surface area contributed by atoms with E-state index in [0.29, 0.717) is 22.3 Å². The van der Waals surface area contributed by atoms with Gasteiger partial charge in [0.2, 0.25) is 118 Å². The van der Waals surface area contributed by atoms with Crippen LogP contribution in [-0.4, -0.2) is 296 Å². The molecule has 0 spiro atoms. The van der Waals surface area contributed by atoms with Gasteiger partial charge < -0.3 is 140 Å². The smallest absolute Gasteiger partial charge is 0.246 e. The normalized spacial score (nSPS) is 21.8. The van der Waals surface area contributed by atoms with E-state index in [4.69, 9.17) is 56.7 Å². The Hall–Kier alpha value is -14.8. The van der Waals surface area contributed by atoms with Crippen molar-refractivity contribution in [1.29, 1.82) is 10.8 Å². The fraction of sp³-hybridized carbons (Fsp3) is 0.489. The number of hydrogen-bond acceptors (Lipinski definition) is 30. The van der Waals surface area contributed by atoms with Gasteiger partial charge in [-0.15, -0.1) is 0 Å². The standard InChI is InChI=1S/C94H130N26O24S4/c95-73(125)29-27-60-72(124)44-56(45-75(97)127)81(133)117-68(91(143)119-35-9-17-70(119)89(141)112-61(15-7-33-105-93(101)102)82(134)107-47-77(99)129)49-147-145-37-31-59(123)43-55(39-53-19-23-57(121)24-20-53)80(132)114-65(40-51-11-3-1-4-12-51)87(139)111-63(28-30-74(96)126)84(136)116-67(46-76(98)128)88(140)118-69(92(144)120-36-10-18-71(120)90(142)113-62(16-8-34-106-94(103)104)83(135)108-48-78(100)130)50-148-146-38-32-79(131)109-64(42-54-21-25-58(122)26-22-54)85(137)115-66(86(138)110-60)41-52-13-5-2-6-14-52/h1-6,11-14,19-26,55-56,60-71,121-122H,7-10,15-18,27-50H2,(H2,95,125)(H2,96,126)(H2,97,127)(H2,98,128)(H2,99,129)(H2,100,130)(H,107,134)(H,108,135)(H,109,131)(H,110,138)(H,111,139)(H,112,141)(H,113,142)(H,114,132)(H,115,137)(H,116,136)(H,117,133)(H,118,140)(H4,101,102,105)(H4,103,104,106)/t55-,56+,60+,61-,62-,63+,64+,65+,66+,67+,68+,69+,70+,71+/m1/s1. The number of phenolic OH excluding ortho intramolecular Hbond substituents is 2. The molecule has 3 heterocycles. The Balaban J connectivity index is 1.31. The Kier molecular flexibility index (Phi) is 50.5. The second-order valence-corrected chi connectivity index (χ2v) is 40.6. The van der Waals surface area contributed by atoms with Crippen LogP contribution in [0.4, 0.5) is 0 Å². The Morgan fingerprint density at radius 3 is 1.21 bits per heavy atom. The second-order valence-electron chi connectivity index (χ2n) is 35.4. The highest BCUT2D eigenvalue weighted by molar-refractivity contribution is 8.77. The first-order valence-corrected chi connectivity index (χ1v) is 52.6. The van der Waals surface area contributed by atoms with Crippen molar-refractivity contribution in [2.24, 2.45) is 57.7 Å². The SMILES string of the molecule is N=C(N)NCCC[C@@H](NC(=O)[C@@H]1CCCN1C(=O)[C@@H]1CSSCCC(=O)C[C@@H](Cc2ccc(O)cc2)C(=O)N[C@@H](Cc2ccccc2)C(=O)N[C@@H](CCC(N)=O)C(=O)N[C@@H](CC(N)=O)C(=O)N[C@H](C(=O)N2CCC[C@H]2C(=O)N[C@H](CCCNC(=N)N)C(=O)NCC(N)=O)CSSCCC(=O)N[C@@H](Cc2ccc(O)cc2)C(=O)N[C@@H](Cc2ccccc2)C(=O)N[C@@H](CCC(N)=O)C(=O)C[C@@H](CC(N)=O)C(=O)N1)C(=O)NCC(N)=O. The molecule has 0 radical (unpaired) electrons. The summed E-state index contributed by atoms with van der Waals surface area (Å²) >= 11 is 0. The summed E-state index contributed by atoms with van der Waals surface area (Å²) in [7, 11) is 3.69. The quantitative estimate of drug-likeness (QED) is 0.00859. The van der Waals surface area contributed by atoms with Gasteiger partial charge in [0.05, 0.1) is 31.5 Å². The molecule has 0 saturated carbocycles. The van der Waals surface area contributed by atoms with Crippen LogP contribution in [0, 0.1) is 22.7 Å². The molecule has 0 bridgehead atoms. The van der Waals surface area contributed by atoms with Gasteiger partial charge in [-0.1, -0.05) is 128 Å². The van der Waals surface area contributed by atoms with E-state index in [1.165, 1.54) is 48.5 Å². The van der Waals surface area contributed by atoms with E-state index >= 15 is 47.9 Å². The van der Waals surface area contributed by atoms with Crippen LogP contribution in [0.15, 0.2) is 109 Å². The van der Waals surface area contributed by atoms with Gasteiger partial charge in [-0.2, -0.15) is 0 Å². The van der Waals surface area contributed by atoms with Crippen molar-refractivity contribution in [3.63, 3.8) is 0 Å². The topological polar surface area (TPSA) is 847 Å². The van der Waals surface area contributed by atoms with Crippen LogP contribution in [0.2, 0.25) is 0 Å². The van der Waals surface area contributed by atoms with Gasteiger partial charge >= 0.3 is 0 Å². The zero-order chi connectivity index (χ0) is 109. The van der Waals surface area contributed by atoms with Crippen LogP contribution in [-0.2, 0) is 131 Å². The van der Waals surface area contributed by atoms with Gasteiger partial charge in [0.25, 0.3) is 0 Å². The van der Waals surface area contributed by atoms with Gasteiger partial charge in [-0.05, 0) is 117 Å². The molecule has 4 aromatic carbocycles. The van der Waals surface area contributed by atoms with Crippen molar-refractivity contribution >= 4 is 185 Å². The Labute approximate surface area is 867 Å². The maximum Gasteiger partial charge on any atom is 0.246 e. The fourth-order valence-electron chi connectivity index (χ4n) is 16.1. The number of benzene rings is 4. The van der Waals surface area contributed by atoms with Crippen molar-refractivity contribution in [2.75, 3.05) is 62.3 Å². The first-order valence-electron chi connectivity index (χ1n) is 47.6. The molecule has 3 aliphatic heterocycles. The number of nitrogens with one attached hydrogen (secondary N) is 16. The predicted molar refractivity (Wildman–Crippen MR) is 545 cm³/mol. The molecule has 34 N–H and O–H groups in total. The summed E-state index contributed by atoms with van der Waals surface area (Å²) in [6, 6.07) is 7.59. The number of phenols is 2. The summed E-state index contributed by atoms with van der Waals surface area (Å²) in [4.78, 5) is 314. The number of nitrogens with two attached hydrogens (primary N) is 8. The van der Waals surface area contributed by atoms with Gasteiger partial charge in [-0.3, -0.25) is 116 Å². The van der Waals surface area contributed by atoms with E-state index in [0.717, 1.165) is 53.0 Å². The third-order valence-electron chi connectivity index (χ3n) is 23.7. The van der Waals surface area contributed by atoms with Crippen molar-refractivity contribution in [2.45, 2.75) is 214 Å². The zero-order valence-corrected chi connectivity index (χ0v) is 84.4. The number of carbonyl (C=O) groups excluding carboxylic acids is 22. The largest absolute Gasteiger partial charge is 0.508 e. The number of rotatable bonds is 38. The molecule has 148 heavy (non-hydrogen) atoms. The summed E-state index contributed by atoms with van der Waals surface area (Å²) in [5, 5.41) is 71.6. The van der Waals surface area contributed by atoms with Gasteiger partial charge in [0.15, 0.2) is 17.7 Å². The number of ketones is 2. The number of Topliss-reactive ketones (excluding diaryl/α,β-unsaturated/α-hetero) is 2. The lowest BCUT2D eigenvalue weighted by atomic mass is 9.92. The summed E-state index contributed by atoms with van der Waals surface area (Å²) in [6.07, 6.45) is -7.56. The van der Waals surface area contributed by atoms with Crippen molar-refractivity contribution in [3.05, 3.63) is 131 Å². The third-order valence-corrected chi connectivity index (χ3v) is 28.5. The van der Waals surface area contributed by atoms with E-state index in [1.807, 2.05) is 0 Å². The molecule has 0 aromatic heterocycles. The van der Waals surface area contributed by atoms with E-state index in [9.17, 15) is 67.7 Å². The van der Waals surface area contributed by atoms with Crippen LogP contribution < -0.4 is 120 Å². The van der Waals surface area contributed by atoms with Crippen molar-refractivity contribution < 1.29 is 116 Å². The molecule has 0 aliphatic carbocycles. The lowest BCUT2D eigenvalue weighted by molar-refractivity contribution is -0.142. The molecule has 7 rings (SSSR count). The molecule has 14 atom stereocenters. The summed E-state index contributed by atoms with van der Waals surface area (Å²) < 4.78 is 0. The number of nitrogens with zero attached hydrogens (tertiary/aromatic N) is 2. The van der Waals surface area contributed by atoms with Crippen LogP contribution in [0.3, 0.4) is 0 Å². The lowest BCUT2D eigenvalue weighted by Crippen LogP contribution is -2.60. The maximum atomic E-state index is 15.4. The Morgan fingerprint density at radius 1 is 0.392 bits per heavy atom. The minimum absolute atomic E-state index is 0.0189. The van der Waals surface area contributed by atoms with E-state index in [2.05, 4.69) is 74.4 Å². The van der Waals surface area contributed by atoms with Crippen LogP contribution >= 0.6 is 43.2 Å². The first kappa shape index (κ1) is 120. The zero-order valence-electron chi connectivity index (χ0n) is 81.1. The summed E-state index contributed by atoms with van der Waals surface area (Å²) in [6.45, 7) is -1.46. The number of hydrogen-bond donors (Lipinski definition) is 26. The second kappa shape index (κ2) is 62.2. The molecule has 3 aliphatic rings. The molecular formula is C94H130N26O24S4. The molecule has 50 nitrogen and oxygen atoms in total. The number of amides is 20. The average molecular weight is 2140 g/mol. The van der Waals surface area contributed by atoms with E-state index in [1.54, 1.807) is 60.7 Å². The summed E-state index contributed by atoms with van der Waals surface area (Å²) in [5.74, 6) is -27.2. The monoisotopic (exact) mass is 2130 g/mol. The molecule has 20 amide bonds. The minimum Gasteiger partial charge on any atom is -0.508 e. The maximum absolute atomic E-state index is 15.4. The highest BCUT2D eigenvalue weighted by Gasteiger charge is 2.44. The molecule has 0 unspecified atom stereocenters. The van der Waals surface area contributed by atoms with Gasteiger partial charge in [0.1, 0.15) is 83.7 Å². The van der Waals surface area contributed by atoms with Crippen molar-refractivity contribution in [1.82, 2.24) is 84.2 Å². The van der Waals surface area contributed by atoms with Crippen LogP contribution in [0.1, 0.15) is 138 Å². The first-order chi connectivity index (χ1) is 70.4. The number of carbonyl (C=O) groups is 22. The molecule has 3 fully saturated rings. The Morgan fingerprint density at radius 2 is 0.770 bits per heavy atom. The molecular weight excluding hydrogens is 2010 g/mol. The highest BCUT2D eigenvalue weighted by atomic mass is 33.1. The summed E-state index contributed by atoms with van der Waals surface area (Å²) in [5.41, 5.74) is 46.0. The van der Waals surface area contributed by atoms with Crippen LogP contribution in [0.25, 0.3) is 0 Å². The molecule has 54 heteroatoms. The van der Waals surface area contributed by atoms with E-state index in [-0.39, 0.29) is 133 Å². The number of guanidine groups is 2. The minimum atomic E-state index is -2.05. The third kappa shape index (κ3) is 43.1. The molecule has 3 saturated heterocycles. The lowest BCUT2D eigenvalue weighted by Gasteiger charge is -2.30. The molecule has 4 aromatic rings. The average Bonchev–Trinajstić information content (AvgIpc) is 1.65. The number of primary amides is 6. The predicted octanol–water partition coefficient (Wildman–Crippen LogP) is -6.08. The van der Waals surface area contributed by atoms with Crippen LogP contribution in [0.5, 0.6) is 11.5 Å². The Bertz CT molecular complexity index is 5050. The fourth-order valence-corrected chi connectivity index (χ4v) is 20.5. The molecule has 804 valence electrons. The van der Waals surface area contributed by atoms with E-state index < -0.39 is 308 Å². The van der Waals surface area contributed by atoms with Crippen molar-refractivity contribution in [3.8, 4) is 11.5 Å². The number of likely N-dealkylation sites (tertiary alicyclic amines) is 2.